The number of aliphatic hydroxyl groups is 1. The fourth-order valence-corrected chi connectivity index (χ4v) is 2.73. The third kappa shape index (κ3) is 1.64. The molecule has 3 nitrogen and oxygen atoms in total. The van der Waals surface area contributed by atoms with Gasteiger partial charge in [-0.25, -0.2) is 9.37 Å². The van der Waals surface area contributed by atoms with Crippen LogP contribution in [0.2, 0.25) is 0 Å². The summed E-state index contributed by atoms with van der Waals surface area (Å²) in [4.78, 5) is 4.23. The molecule has 0 spiro atoms. The van der Waals surface area contributed by atoms with Crippen molar-refractivity contribution in [1.29, 1.82) is 0 Å². The summed E-state index contributed by atoms with van der Waals surface area (Å²) < 4.78 is 15.5. The van der Waals surface area contributed by atoms with E-state index in [9.17, 15) is 9.50 Å². The molecule has 1 atom stereocenters. The minimum Gasteiger partial charge on any atom is -0.385 e. The fraction of sp³-hybridized carbons (Fsp3) is 0.357. The standard InChI is InChI=1S/C14H15FN2O/c1-17-8-7-16-13(17)9-14(18)6-5-10-11(14)3-2-4-12(10)15/h2-4,7-8,18H,5-6,9H2,1H3. The SMILES string of the molecule is Cn1ccnc1CC1(O)CCc2c(F)cccc21. The average molecular weight is 246 g/mol. The zero-order valence-corrected chi connectivity index (χ0v) is 10.2. The quantitative estimate of drug-likeness (QED) is 0.879. The van der Waals surface area contributed by atoms with Crippen LogP contribution in [-0.4, -0.2) is 14.7 Å². The number of imidazole rings is 1. The summed E-state index contributed by atoms with van der Waals surface area (Å²) in [7, 11) is 1.90. The van der Waals surface area contributed by atoms with Gasteiger partial charge in [0, 0.05) is 25.9 Å². The highest BCUT2D eigenvalue weighted by atomic mass is 19.1. The van der Waals surface area contributed by atoms with Crippen LogP contribution in [0, 0.1) is 5.82 Å². The van der Waals surface area contributed by atoms with Crippen molar-refractivity contribution in [3.8, 4) is 0 Å². The van der Waals surface area contributed by atoms with Gasteiger partial charge in [-0.1, -0.05) is 12.1 Å². The van der Waals surface area contributed by atoms with Crippen molar-refractivity contribution in [2.24, 2.45) is 7.05 Å². The maximum atomic E-state index is 13.7. The molecule has 0 amide bonds. The molecular formula is C14H15FN2O. The minimum atomic E-state index is -0.990. The molecule has 2 aromatic rings. The number of hydrogen-bond acceptors (Lipinski definition) is 2. The molecule has 0 aliphatic heterocycles. The van der Waals surface area contributed by atoms with Crippen LogP contribution in [0.5, 0.6) is 0 Å². The number of hydrogen-bond donors (Lipinski definition) is 1. The van der Waals surface area contributed by atoms with Gasteiger partial charge in [-0.05, 0) is 30.0 Å². The van der Waals surface area contributed by atoms with E-state index >= 15 is 0 Å². The van der Waals surface area contributed by atoms with E-state index in [4.69, 9.17) is 0 Å². The first-order chi connectivity index (χ1) is 8.60. The van der Waals surface area contributed by atoms with E-state index in [2.05, 4.69) is 4.98 Å². The molecule has 4 heteroatoms. The minimum absolute atomic E-state index is 0.219. The largest absolute Gasteiger partial charge is 0.385 e. The third-order valence-corrected chi connectivity index (χ3v) is 3.78. The Morgan fingerprint density at radius 3 is 3.06 bits per heavy atom. The van der Waals surface area contributed by atoms with Crippen LogP contribution in [-0.2, 0) is 25.5 Å². The van der Waals surface area contributed by atoms with Gasteiger partial charge in [0.1, 0.15) is 11.6 Å². The highest BCUT2D eigenvalue weighted by Crippen LogP contribution is 2.39. The topological polar surface area (TPSA) is 38.0 Å². The van der Waals surface area contributed by atoms with Crippen LogP contribution in [0.25, 0.3) is 0 Å². The highest BCUT2D eigenvalue weighted by Gasteiger charge is 2.38. The van der Waals surface area contributed by atoms with Crippen molar-refractivity contribution >= 4 is 0 Å². The molecular weight excluding hydrogens is 231 g/mol. The van der Waals surface area contributed by atoms with Gasteiger partial charge in [-0.2, -0.15) is 0 Å². The van der Waals surface area contributed by atoms with E-state index in [1.165, 1.54) is 6.07 Å². The predicted octanol–water partition coefficient (Wildman–Crippen LogP) is 1.94. The van der Waals surface area contributed by atoms with Crippen LogP contribution in [0.1, 0.15) is 23.4 Å². The first-order valence-corrected chi connectivity index (χ1v) is 6.06. The van der Waals surface area contributed by atoms with Gasteiger partial charge in [0.25, 0.3) is 0 Å². The predicted molar refractivity (Wildman–Crippen MR) is 65.5 cm³/mol. The molecule has 0 bridgehead atoms. The Labute approximate surface area is 105 Å². The Bertz CT molecular complexity index is 593. The van der Waals surface area contributed by atoms with Gasteiger partial charge in [-0.15, -0.1) is 0 Å². The zero-order valence-electron chi connectivity index (χ0n) is 10.2. The van der Waals surface area contributed by atoms with Crippen molar-refractivity contribution in [3.05, 3.63) is 53.4 Å². The van der Waals surface area contributed by atoms with Crippen LogP contribution >= 0.6 is 0 Å². The Morgan fingerprint density at radius 1 is 1.50 bits per heavy atom. The van der Waals surface area contributed by atoms with Crippen molar-refractivity contribution in [2.45, 2.75) is 24.9 Å². The summed E-state index contributed by atoms with van der Waals surface area (Å²) in [6.45, 7) is 0. The van der Waals surface area contributed by atoms with E-state index in [0.717, 1.165) is 5.82 Å². The maximum Gasteiger partial charge on any atom is 0.126 e. The Hall–Kier alpha value is -1.68. The van der Waals surface area contributed by atoms with Crippen molar-refractivity contribution in [2.75, 3.05) is 0 Å². The van der Waals surface area contributed by atoms with Gasteiger partial charge >= 0.3 is 0 Å². The number of aryl methyl sites for hydroxylation is 1. The van der Waals surface area contributed by atoms with Crippen LogP contribution in [0.4, 0.5) is 4.39 Å². The third-order valence-electron chi connectivity index (χ3n) is 3.78. The normalized spacial score (nSPS) is 22.2. The fourth-order valence-electron chi connectivity index (χ4n) is 2.73. The summed E-state index contributed by atoms with van der Waals surface area (Å²) in [6, 6.07) is 4.92. The van der Waals surface area contributed by atoms with Gasteiger partial charge in [0.2, 0.25) is 0 Å². The maximum absolute atomic E-state index is 13.7. The second-order valence-electron chi connectivity index (χ2n) is 4.93. The summed E-state index contributed by atoms with van der Waals surface area (Å²) in [5.41, 5.74) is 0.371. The van der Waals surface area contributed by atoms with Crippen molar-refractivity contribution in [1.82, 2.24) is 9.55 Å². The molecule has 18 heavy (non-hydrogen) atoms. The lowest BCUT2D eigenvalue weighted by atomic mass is 9.92. The Morgan fingerprint density at radius 2 is 2.33 bits per heavy atom. The number of rotatable bonds is 2. The van der Waals surface area contributed by atoms with Gasteiger partial charge < -0.3 is 9.67 Å². The lowest BCUT2D eigenvalue weighted by molar-refractivity contribution is 0.0362. The van der Waals surface area contributed by atoms with Crippen LogP contribution < -0.4 is 0 Å². The molecule has 0 saturated heterocycles. The smallest absolute Gasteiger partial charge is 0.126 e. The van der Waals surface area contributed by atoms with Gasteiger partial charge in [0.05, 0.1) is 5.60 Å². The molecule has 3 rings (SSSR count). The number of aromatic nitrogens is 2. The van der Waals surface area contributed by atoms with E-state index in [0.29, 0.717) is 30.4 Å². The summed E-state index contributed by atoms with van der Waals surface area (Å²) in [6.07, 6.45) is 5.12. The molecule has 1 aliphatic carbocycles. The first-order valence-electron chi connectivity index (χ1n) is 6.06. The van der Waals surface area contributed by atoms with Gasteiger partial charge in [0.15, 0.2) is 0 Å². The van der Waals surface area contributed by atoms with Crippen LogP contribution in [0.15, 0.2) is 30.6 Å². The highest BCUT2D eigenvalue weighted by molar-refractivity contribution is 5.38. The number of benzene rings is 1. The molecule has 1 N–H and O–H groups in total. The Balaban J connectivity index is 1.99. The number of nitrogens with zero attached hydrogens (tertiary/aromatic N) is 2. The lowest BCUT2D eigenvalue weighted by Gasteiger charge is -2.23. The van der Waals surface area contributed by atoms with Crippen molar-refractivity contribution in [3.63, 3.8) is 0 Å². The monoisotopic (exact) mass is 246 g/mol. The van der Waals surface area contributed by atoms with Crippen LogP contribution in [0.3, 0.4) is 0 Å². The molecule has 1 aliphatic rings. The average Bonchev–Trinajstić information content (AvgIpc) is 2.87. The second kappa shape index (κ2) is 3.92. The lowest BCUT2D eigenvalue weighted by Crippen LogP contribution is -2.27. The number of fused-ring (bicyclic) bond motifs is 1. The summed E-state index contributed by atoms with van der Waals surface area (Å²) >= 11 is 0. The first kappa shape index (κ1) is 11.4. The molecule has 0 radical (unpaired) electrons. The molecule has 1 unspecified atom stereocenters. The van der Waals surface area contributed by atoms with Crippen molar-refractivity contribution < 1.29 is 9.50 Å². The molecule has 0 fully saturated rings. The molecule has 94 valence electrons. The summed E-state index contributed by atoms with van der Waals surface area (Å²) in [5.74, 6) is 0.595. The Kier molecular flexibility index (Phi) is 2.48. The van der Waals surface area contributed by atoms with E-state index in [-0.39, 0.29) is 5.82 Å². The second-order valence-corrected chi connectivity index (χ2v) is 4.93. The molecule has 1 aromatic heterocycles. The molecule has 0 saturated carbocycles. The molecule has 1 heterocycles. The summed E-state index contributed by atoms with van der Waals surface area (Å²) in [5, 5.41) is 10.7. The van der Waals surface area contributed by atoms with Gasteiger partial charge in [-0.3, -0.25) is 0 Å². The van der Waals surface area contributed by atoms with E-state index in [1.54, 1.807) is 12.3 Å². The number of halogens is 1. The van der Waals surface area contributed by atoms with E-state index in [1.807, 2.05) is 23.9 Å². The van der Waals surface area contributed by atoms with E-state index < -0.39 is 5.60 Å². The zero-order chi connectivity index (χ0) is 12.8. The molecule has 1 aromatic carbocycles.